The third kappa shape index (κ3) is 4.07. The number of hydrogen-bond acceptors (Lipinski definition) is 3. The van der Waals surface area contributed by atoms with Gasteiger partial charge in [0.2, 0.25) is 0 Å². The maximum Gasteiger partial charge on any atom is 0.123 e. The van der Waals surface area contributed by atoms with E-state index in [0.717, 1.165) is 22.2 Å². The van der Waals surface area contributed by atoms with E-state index in [1.54, 1.807) is 23.6 Å². The molecular formula is C21H24FNOS. The van der Waals surface area contributed by atoms with Gasteiger partial charge in [0.1, 0.15) is 5.82 Å². The largest absolute Gasteiger partial charge is 0.390 e. The Bertz CT molecular complexity index is 863. The molecule has 0 fully saturated rings. The number of aromatic nitrogens is 1. The summed E-state index contributed by atoms with van der Waals surface area (Å²) in [6.07, 6.45) is 4.98. The van der Waals surface area contributed by atoms with E-state index in [4.69, 9.17) is 0 Å². The summed E-state index contributed by atoms with van der Waals surface area (Å²) in [6, 6.07) is 9.13. The third-order valence-corrected chi connectivity index (χ3v) is 5.70. The highest BCUT2D eigenvalue weighted by molar-refractivity contribution is 7.19. The normalized spacial score (nSPS) is 14.6. The maximum absolute atomic E-state index is 13.9. The number of aryl methyl sites for hydroxylation is 1. The van der Waals surface area contributed by atoms with Crippen LogP contribution in [0.2, 0.25) is 0 Å². The Labute approximate surface area is 152 Å². The quantitative estimate of drug-likeness (QED) is 0.663. The van der Waals surface area contributed by atoms with Crippen LogP contribution in [0.4, 0.5) is 4.39 Å². The molecule has 0 aliphatic carbocycles. The monoisotopic (exact) mass is 357 g/mol. The summed E-state index contributed by atoms with van der Waals surface area (Å²) < 4.78 is 15.1. The average Bonchev–Trinajstić information content (AvgIpc) is 2.89. The molecule has 0 radical (unpaired) electrons. The highest BCUT2D eigenvalue weighted by atomic mass is 32.1. The lowest BCUT2D eigenvalue weighted by molar-refractivity contribution is 0.0466. The number of halogens is 1. The molecule has 1 unspecified atom stereocenters. The van der Waals surface area contributed by atoms with Gasteiger partial charge in [-0.1, -0.05) is 13.0 Å². The van der Waals surface area contributed by atoms with Crippen LogP contribution in [0.1, 0.15) is 43.2 Å². The second kappa shape index (κ2) is 6.50. The van der Waals surface area contributed by atoms with Gasteiger partial charge >= 0.3 is 0 Å². The summed E-state index contributed by atoms with van der Waals surface area (Å²) in [4.78, 5) is 5.41. The smallest absolute Gasteiger partial charge is 0.123 e. The maximum atomic E-state index is 13.9. The van der Waals surface area contributed by atoms with Crippen molar-refractivity contribution in [3.05, 3.63) is 64.5 Å². The minimum Gasteiger partial charge on any atom is -0.390 e. The van der Waals surface area contributed by atoms with Crippen molar-refractivity contribution < 1.29 is 9.50 Å². The summed E-state index contributed by atoms with van der Waals surface area (Å²) in [6.45, 7) is 7.76. The second-order valence-corrected chi connectivity index (χ2v) is 8.98. The molecule has 0 saturated heterocycles. The van der Waals surface area contributed by atoms with Gasteiger partial charge in [0.05, 0.1) is 10.3 Å². The molecule has 2 nitrogen and oxygen atoms in total. The first-order valence-electron chi connectivity index (χ1n) is 8.48. The van der Waals surface area contributed by atoms with Crippen LogP contribution < -0.4 is 0 Å². The molecule has 132 valence electrons. The Hall–Kier alpha value is -1.78. The SMILES string of the molecule is Cc1ccc(F)cc1C(C)(Cc1cc2ccncc2s1)CC(C)(C)O. The van der Waals surface area contributed by atoms with Gasteiger partial charge in [0, 0.05) is 22.7 Å². The number of pyridine rings is 1. The highest BCUT2D eigenvalue weighted by Crippen LogP contribution is 2.40. The molecular weight excluding hydrogens is 333 g/mol. The van der Waals surface area contributed by atoms with Crippen molar-refractivity contribution in [1.29, 1.82) is 0 Å². The third-order valence-electron chi connectivity index (χ3n) is 4.61. The standard InChI is InChI=1S/C21H24FNOS/c1-14-5-6-16(22)10-18(14)21(4,13-20(2,3)24)11-17-9-15-7-8-23-12-19(15)25-17/h5-10,12,24H,11,13H2,1-4H3. The van der Waals surface area contributed by atoms with Crippen LogP contribution in [0.5, 0.6) is 0 Å². The molecule has 3 rings (SSSR count). The zero-order valence-electron chi connectivity index (χ0n) is 15.1. The van der Waals surface area contributed by atoms with E-state index in [-0.39, 0.29) is 11.2 Å². The highest BCUT2D eigenvalue weighted by Gasteiger charge is 2.35. The summed E-state index contributed by atoms with van der Waals surface area (Å²) >= 11 is 1.72. The molecule has 0 aliphatic rings. The Kier molecular flexibility index (Phi) is 4.69. The van der Waals surface area contributed by atoms with Crippen LogP contribution in [0.15, 0.2) is 42.7 Å². The van der Waals surface area contributed by atoms with Gasteiger partial charge in [-0.3, -0.25) is 4.98 Å². The van der Waals surface area contributed by atoms with E-state index in [0.29, 0.717) is 6.42 Å². The predicted molar refractivity (Wildman–Crippen MR) is 103 cm³/mol. The van der Waals surface area contributed by atoms with Crippen molar-refractivity contribution in [2.75, 3.05) is 0 Å². The van der Waals surface area contributed by atoms with Crippen LogP contribution in [0, 0.1) is 12.7 Å². The van der Waals surface area contributed by atoms with Gasteiger partial charge in [0.15, 0.2) is 0 Å². The summed E-state index contributed by atoms with van der Waals surface area (Å²) in [5.74, 6) is -0.233. The lowest BCUT2D eigenvalue weighted by Gasteiger charge is -2.36. The number of nitrogens with zero attached hydrogens (tertiary/aromatic N) is 1. The molecule has 1 atom stereocenters. The average molecular weight is 357 g/mol. The molecule has 0 saturated carbocycles. The van der Waals surface area contributed by atoms with Gasteiger partial charge in [-0.2, -0.15) is 0 Å². The number of thiophene rings is 1. The van der Waals surface area contributed by atoms with Gasteiger partial charge in [-0.25, -0.2) is 4.39 Å². The number of hydrogen-bond donors (Lipinski definition) is 1. The van der Waals surface area contributed by atoms with Crippen molar-refractivity contribution >= 4 is 21.4 Å². The number of fused-ring (bicyclic) bond motifs is 1. The van der Waals surface area contributed by atoms with Gasteiger partial charge in [-0.15, -0.1) is 11.3 Å². The van der Waals surface area contributed by atoms with Crippen LogP contribution in [0.25, 0.3) is 10.1 Å². The lowest BCUT2D eigenvalue weighted by Crippen LogP contribution is -2.35. The zero-order valence-corrected chi connectivity index (χ0v) is 16.0. The number of aliphatic hydroxyl groups is 1. The first-order valence-corrected chi connectivity index (χ1v) is 9.29. The van der Waals surface area contributed by atoms with Gasteiger partial charge in [-0.05, 0) is 74.4 Å². The first-order chi connectivity index (χ1) is 11.7. The molecule has 4 heteroatoms. The van der Waals surface area contributed by atoms with E-state index < -0.39 is 5.60 Å². The van der Waals surface area contributed by atoms with Crippen LogP contribution in [-0.4, -0.2) is 15.7 Å². The molecule has 25 heavy (non-hydrogen) atoms. The number of benzene rings is 1. The fraction of sp³-hybridized carbons (Fsp3) is 0.381. The molecule has 2 aromatic heterocycles. The Morgan fingerprint density at radius 1 is 1.16 bits per heavy atom. The molecule has 0 bridgehead atoms. The van der Waals surface area contributed by atoms with E-state index >= 15 is 0 Å². The van der Waals surface area contributed by atoms with E-state index in [1.807, 2.05) is 39.1 Å². The zero-order chi connectivity index (χ0) is 18.2. The summed E-state index contributed by atoms with van der Waals surface area (Å²) in [7, 11) is 0. The molecule has 0 spiro atoms. The summed E-state index contributed by atoms with van der Waals surface area (Å²) in [5, 5.41) is 11.7. The Morgan fingerprint density at radius 2 is 1.92 bits per heavy atom. The minimum atomic E-state index is -0.842. The van der Waals surface area contributed by atoms with E-state index in [1.165, 1.54) is 16.3 Å². The minimum absolute atomic E-state index is 0.233. The molecule has 1 aromatic carbocycles. The Morgan fingerprint density at radius 3 is 2.60 bits per heavy atom. The van der Waals surface area contributed by atoms with Crippen molar-refractivity contribution in [1.82, 2.24) is 4.98 Å². The summed E-state index contributed by atoms with van der Waals surface area (Å²) in [5.41, 5.74) is 0.811. The first kappa shape index (κ1) is 18.0. The van der Waals surface area contributed by atoms with Gasteiger partial charge in [0.25, 0.3) is 0 Å². The van der Waals surface area contributed by atoms with Crippen molar-refractivity contribution in [3.63, 3.8) is 0 Å². The molecule has 1 N–H and O–H groups in total. The van der Waals surface area contributed by atoms with Gasteiger partial charge < -0.3 is 5.11 Å². The Balaban J connectivity index is 2.06. The van der Waals surface area contributed by atoms with E-state index in [2.05, 4.69) is 18.0 Å². The van der Waals surface area contributed by atoms with Crippen LogP contribution in [0.3, 0.4) is 0 Å². The van der Waals surface area contributed by atoms with Crippen molar-refractivity contribution in [3.8, 4) is 0 Å². The second-order valence-electron chi connectivity index (χ2n) is 7.81. The fourth-order valence-corrected chi connectivity index (χ4v) is 5.08. The number of rotatable bonds is 5. The molecule has 0 aliphatic heterocycles. The molecule has 3 aromatic rings. The van der Waals surface area contributed by atoms with Crippen LogP contribution >= 0.6 is 11.3 Å². The topological polar surface area (TPSA) is 33.1 Å². The van der Waals surface area contributed by atoms with Crippen LogP contribution in [-0.2, 0) is 11.8 Å². The molecule has 2 heterocycles. The van der Waals surface area contributed by atoms with Crippen molar-refractivity contribution in [2.24, 2.45) is 0 Å². The lowest BCUT2D eigenvalue weighted by atomic mass is 9.70. The fourth-order valence-electron chi connectivity index (χ4n) is 3.86. The molecule has 0 amide bonds. The van der Waals surface area contributed by atoms with E-state index in [9.17, 15) is 9.50 Å². The predicted octanol–water partition coefficient (Wildman–Crippen LogP) is 5.41. The van der Waals surface area contributed by atoms with Crippen molar-refractivity contribution in [2.45, 2.75) is 51.6 Å².